The Morgan fingerprint density at radius 3 is 3.08 bits per heavy atom. The first-order chi connectivity index (χ1) is 5.85. The van der Waals surface area contributed by atoms with Gasteiger partial charge in [-0.05, 0) is 12.8 Å². The van der Waals surface area contributed by atoms with E-state index in [4.69, 9.17) is 9.47 Å². The Kier molecular flexibility index (Phi) is 2.35. The van der Waals surface area contributed by atoms with Gasteiger partial charge in [-0.2, -0.15) is 0 Å². The van der Waals surface area contributed by atoms with Crippen molar-refractivity contribution in [3.63, 3.8) is 0 Å². The van der Waals surface area contributed by atoms with Crippen LogP contribution in [0.5, 0.6) is 0 Å². The summed E-state index contributed by atoms with van der Waals surface area (Å²) in [4.78, 5) is 0. The SMILES string of the molecule is CCC1NCCC2(CCOC2)O1. The maximum atomic E-state index is 5.95. The average molecular weight is 171 g/mol. The minimum absolute atomic E-state index is 0.0614. The van der Waals surface area contributed by atoms with E-state index in [2.05, 4.69) is 12.2 Å². The highest BCUT2D eigenvalue weighted by Crippen LogP contribution is 2.30. The van der Waals surface area contributed by atoms with Gasteiger partial charge in [-0.3, -0.25) is 5.32 Å². The molecule has 3 nitrogen and oxygen atoms in total. The molecular formula is C9H17NO2. The zero-order valence-electron chi connectivity index (χ0n) is 7.64. The van der Waals surface area contributed by atoms with E-state index in [0.29, 0.717) is 0 Å². The number of ether oxygens (including phenoxy) is 2. The molecule has 2 unspecified atom stereocenters. The van der Waals surface area contributed by atoms with Gasteiger partial charge in [0.15, 0.2) is 0 Å². The Morgan fingerprint density at radius 1 is 1.50 bits per heavy atom. The van der Waals surface area contributed by atoms with Gasteiger partial charge in [0.05, 0.1) is 12.2 Å². The van der Waals surface area contributed by atoms with Gasteiger partial charge in [-0.1, -0.05) is 6.92 Å². The van der Waals surface area contributed by atoms with Crippen molar-refractivity contribution in [3.05, 3.63) is 0 Å². The molecular weight excluding hydrogens is 154 g/mol. The topological polar surface area (TPSA) is 30.5 Å². The summed E-state index contributed by atoms with van der Waals surface area (Å²) in [5.41, 5.74) is 0.0614. The Hall–Kier alpha value is -0.120. The van der Waals surface area contributed by atoms with E-state index in [0.717, 1.165) is 39.0 Å². The van der Waals surface area contributed by atoms with Crippen molar-refractivity contribution in [2.75, 3.05) is 19.8 Å². The molecule has 2 aliphatic rings. The van der Waals surface area contributed by atoms with Crippen LogP contribution >= 0.6 is 0 Å². The summed E-state index contributed by atoms with van der Waals surface area (Å²) in [5, 5.41) is 3.34. The van der Waals surface area contributed by atoms with Crippen molar-refractivity contribution in [1.82, 2.24) is 5.32 Å². The smallest absolute Gasteiger partial charge is 0.108 e. The normalized spacial score (nSPS) is 42.2. The molecule has 2 fully saturated rings. The average Bonchev–Trinajstić information content (AvgIpc) is 2.53. The number of nitrogens with one attached hydrogen (secondary N) is 1. The fourth-order valence-corrected chi connectivity index (χ4v) is 1.97. The van der Waals surface area contributed by atoms with Gasteiger partial charge < -0.3 is 9.47 Å². The summed E-state index contributed by atoms with van der Waals surface area (Å²) < 4.78 is 11.3. The van der Waals surface area contributed by atoms with E-state index >= 15 is 0 Å². The quantitative estimate of drug-likeness (QED) is 0.635. The van der Waals surface area contributed by atoms with E-state index in [1.807, 2.05) is 0 Å². The Balaban J connectivity index is 1.97. The summed E-state index contributed by atoms with van der Waals surface area (Å²) in [6.45, 7) is 4.88. The third kappa shape index (κ3) is 1.49. The highest BCUT2D eigenvalue weighted by atomic mass is 16.6. The molecule has 0 saturated carbocycles. The monoisotopic (exact) mass is 171 g/mol. The van der Waals surface area contributed by atoms with Crippen LogP contribution in [0.3, 0.4) is 0 Å². The van der Waals surface area contributed by atoms with E-state index in [-0.39, 0.29) is 11.8 Å². The van der Waals surface area contributed by atoms with Crippen LogP contribution in [-0.2, 0) is 9.47 Å². The first kappa shape index (κ1) is 8.48. The molecule has 0 radical (unpaired) electrons. The van der Waals surface area contributed by atoms with E-state index in [9.17, 15) is 0 Å². The zero-order valence-corrected chi connectivity index (χ0v) is 7.64. The Labute approximate surface area is 73.4 Å². The molecule has 0 amide bonds. The highest BCUT2D eigenvalue weighted by molar-refractivity contribution is 4.89. The summed E-state index contributed by atoms with van der Waals surface area (Å²) in [5.74, 6) is 0. The molecule has 2 atom stereocenters. The second-order valence-corrected chi connectivity index (χ2v) is 3.70. The van der Waals surface area contributed by atoms with Gasteiger partial charge in [0.2, 0.25) is 0 Å². The molecule has 0 aliphatic carbocycles. The highest BCUT2D eigenvalue weighted by Gasteiger charge is 2.39. The lowest BCUT2D eigenvalue weighted by Gasteiger charge is -2.37. The number of hydrogen-bond acceptors (Lipinski definition) is 3. The molecule has 0 aromatic rings. The van der Waals surface area contributed by atoms with Crippen LogP contribution in [-0.4, -0.2) is 31.6 Å². The lowest BCUT2D eigenvalue weighted by molar-refractivity contribution is -0.136. The summed E-state index contributed by atoms with van der Waals surface area (Å²) in [7, 11) is 0. The van der Waals surface area contributed by atoms with Gasteiger partial charge >= 0.3 is 0 Å². The molecule has 1 N–H and O–H groups in total. The molecule has 0 aromatic carbocycles. The molecule has 3 heteroatoms. The van der Waals surface area contributed by atoms with Gasteiger partial charge in [-0.15, -0.1) is 0 Å². The van der Waals surface area contributed by atoms with Crippen LogP contribution in [0, 0.1) is 0 Å². The molecule has 1 spiro atoms. The number of rotatable bonds is 1. The second-order valence-electron chi connectivity index (χ2n) is 3.70. The van der Waals surface area contributed by atoms with E-state index < -0.39 is 0 Å². The van der Waals surface area contributed by atoms with Gasteiger partial charge in [0.25, 0.3) is 0 Å². The van der Waals surface area contributed by atoms with E-state index in [1.165, 1.54) is 0 Å². The minimum Gasteiger partial charge on any atom is -0.378 e. The largest absolute Gasteiger partial charge is 0.378 e. The maximum absolute atomic E-state index is 5.95. The summed E-state index contributed by atoms with van der Waals surface area (Å²) in [6.07, 6.45) is 3.47. The molecule has 70 valence electrons. The summed E-state index contributed by atoms with van der Waals surface area (Å²) >= 11 is 0. The second kappa shape index (κ2) is 3.32. The van der Waals surface area contributed by atoms with Crippen molar-refractivity contribution in [2.24, 2.45) is 0 Å². The van der Waals surface area contributed by atoms with Gasteiger partial charge in [-0.25, -0.2) is 0 Å². The van der Waals surface area contributed by atoms with Gasteiger partial charge in [0, 0.05) is 19.6 Å². The van der Waals surface area contributed by atoms with Crippen molar-refractivity contribution in [2.45, 2.75) is 38.0 Å². The predicted octanol–water partition coefficient (Wildman–Crippen LogP) is 0.891. The molecule has 0 aromatic heterocycles. The van der Waals surface area contributed by atoms with Gasteiger partial charge in [0.1, 0.15) is 6.23 Å². The van der Waals surface area contributed by atoms with Crippen molar-refractivity contribution in [3.8, 4) is 0 Å². The molecule has 2 saturated heterocycles. The number of hydrogen-bond donors (Lipinski definition) is 1. The van der Waals surface area contributed by atoms with Crippen LogP contribution in [0.4, 0.5) is 0 Å². The van der Waals surface area contributed by atoms with Crippen LogP contribution in [0.2, 0.25) is 0 Å². The predicted molar refractivity (Wildman–Crippen MR) is 46.0 cm³/mol. The minimum atomic E-state index is 0.0614. The molecule has 2 heterocycles. The van der Waals surface area contributed by atoms with Crippen LogP contribution in [0.1, 0.15) is 26.2 Å². The lowest BCUT2D eigenvalue weighted by Crippen LogP contribution is -2.50. The first-order valence-electron chi connectivity index (χ1n) is 4.84. The third-order valence-electron chi connectivity index (χ3n) is 2.78. The third-order valence-corrected chi connectivity index (χ3v) is 2.78. The van der Waals surface area contributed by atoms with Crippen LogP contribution in [0.15, 0.2) is 0 Å². The van der Waals surface area contributed by atoms with Crippen molar-refractivity contribution in [1.29, 1.82) is 0 Å². The van der Waals surface area contributed by atoms with E-state index in [1.54, 1.807) is 0 Å². The fraction of sp³-hybridized carbons (Fsp3) is 1.00. The Bertz CT molecular complexity index is 155. The van der Waals surface area contributed by atoms with Crippen LogP contribution < -0.4 is 5.32 Å². The fourth-order valence-electron chi connectivity index (χ4n) is 1.97. The molecule has 2 rings (SSSR count). The maximum Gasteiger partial charge on any atom is 0.108 e. The van der Waals surface area contributed by atoms with Crippen LogP contribution in [0.25, 0.3) is 0 Å². The first-order valence-corrected chi connectivity index (χ1v) is 4.84. The molecule has 2 aliphatic heterocycles. The van der Waals surface area contributed by atoms with Crippen molar-refractivity contribution < 1.29 is 9.47 Å². The zero-order chi connectivity index (χ0) is 8.44. The summed E-state index contributed by atoms with van der Waals surface area (Å²) in [6, 6.07) is 0. The lowest BCUT2D eigenvalue weighted by atomic mass is 9.97. The van der Waals surface area contributed by atoms with Crippen molar-refractivity contribution >= 4 is 0 Å². The molecule has 0 bridgehead atoms. The standard InChI is InChI=1S/C9H17NO2/c1-2-8-10-5-3-9(12-8)4-6-11-7-9/h8,10H,2-7H2,1H3. The Morgan fingerprint density at radius 2 is 2.42 bits per heavy atom. The molecule has 12 heavy (non-hydrogen) atoms.